The summed E-state index contributed by atoms with van der Waals surface area (Å²) in [5.74, 6) is 0.426. The number of rotatable bonds is 5. The zero-order valence-electron chi connectivity index (χ0n) is 22.0. The predicted molar refractivity (Wildman–Crippen MR) is 147 cm³/mol. The van der Waals surface area contributed by atoms with E-state index >= 15 is 0 Å². The summed E-state index contributed by atoms with van der Waals surface area (Å²) in [7, 11) is 2.08. The summed E-state index contributed by atoms with van der Waals surface area (Å²) in [4.78, 5) is 0. The lowest BCUT2D eigenvalue weighted by Gasteiger charge is -2.29. The Kier molecular flexibility index (Phi) is 6.58. The minimum absolute atomic E-state index is 0.0836. The Balaban J connectivity index is 0.00000133. The Morgan fingerprint density at radius 3 is 2.26 bits per heavy atom. The molecule has 0 saturated carbocycles. The maximum absolute atomic E-state index is 6.12. The van der Waals surface area contributed by atoms with E-state index in [1.165, 1.54) is 33.2 Å². The molecule has 5 rings (SSSR count). The maximum atomic E-state index is 6.12. The van der Waals surface area contributed by atoms with Crippen LogP contribution in [0.5, 0.6) is 0 Å². The van der Waals surface area contributed by atoms with Gasteiger partial charge in [0.15, 0.2) is 0 Å². The van der Waals surface area contributed by atoms with Crippen LogP contribution in [0.3, 0.4) is 0 Å². The van der Waals surface area contributed by atoms with Gasteiger partial charge in [-0.1, -0.05) is 90.9 Å². The van der Waals surface area contributed by atoms with Crippen molar-refractivity contribution in [2.24, 2.45) is 7.05 Å². The van der Waals surface area contributed by atoms with Gasteiger partial charge in [0, 0.05) is 34.2 Å². The zero-order chi connectivity index (χ0) is 24.6. The molecular weight excluding hydrogens is 416 g/mol. The highest BCUT2D eigenvalue weighted by atomic mass is 16.3. The fourth-order valence-corrected chi connectivity index (χ4v) is 5.32. The lowest BCUT2D eigenvalue weighted by atomic mass is 9.75. The van der Waals surface area contributed by atoms with E-state index in [4.69, 9.17) is 9.52 Å². The molecule has 0 aliphatic heterocycles. The molecule has 34 heavy (non-hydrogen) atoms. The minimum atomic E-state index is 0.0836. The minimum Gasteiger partial charge on any atom is -0.464 e. The average Bonchev–Trinajstić information content (AvgIpc) is 3.49. The predicted octanol–water partition coefficient (Wildman–Crippen LogP) is 9.37. The molecule has 0 unspecified atom stereocenters. The van der Waals surface area contributed by atoms with Gasteiger partial charge in [-0.2, -0.15) is 5.10 Å². The van der Waals surface area contributed by atoms with E-state index < -0.39 is 0 Å². The molecule has 3 nitrogen and oxygen atoms in total. The summed E-state index contributed by atoms with van der Waals surface area (Å²) in [6, 6.07) is 17.5. The number of benzene rings is 3. The van der Waals surface area contributed by atoms with Gasteiger partial charge in [0.05, 0.1) is 12.0 Å². The van der Waals surface area contributed by atoms with Crippen LogP contribution in [-0.4, -0.2) is 9.78 Å². The Morgan fingerprint density at radius 1 is 0.912 bits per heavy atom. The van der Waals surface area contributed by atoms with Crippen molar-refractivity contribution in [2.45, 2.75) is 72.6 Å². The van der Waals surface area contributed by atoms with Crippen LogP contribution in [0.25, 0.3) is 43.9 Å². The van der Waals surface area contributed by atoms with E-state index in [1.807, 2.05) is 20.1 Å². The van der Waals surface area contributed by atoms with Gasteiger partial charge in [-0.25, -0.2) is 0 Å². The van der Waals surface area contributed by atoms with Crippen LogP contribution in [0.1, 0.15) is 78.4 Å². The first-order valence-corrected chi connectivity index (χ1v) is 12.8. The van der Waals surface area contributed by atoms with E-state index in [9.17, 15) is 0 Å². The van der Waals surface area contributed by atoms with Crippen LogP contribution in [0, 0.1) is 0 Å². The third kappa shape index (κ3) is 3.53. The normalized spacial score (nSPS) is 12.0. The van der Waals surface area contributed by atoms with Crippen molar-refractivity contribution in [1.82, 2.24) is 9.78 Å². The summed E-state index contributed by atoms with van der Waals surface area (Å²) >= 11 is 0. The molecule has 2 heterocycles. The largest absolute Gasteiger partial charge is 0.464 e. The number of furan rings is 1. The number of fused-ring (bicyclic) bond motifs is 6. The van der Waals surface area contributed by atoms with Crippen LogP contribution in [-0.2, 0) is 12.5 Å². The molecule has 0 aliphatic carbocycles. The molecule has 0 atom stereocenters. The SMILES string of the molecule is CC.CCC(C)(CC)c1cccc2c3occc3c3c(-c4ccccc4C(C)C)n(C)nc3c12. The Labute approximate surface area is 203 Å². The number of hydrogen-bond acceptors (Lipinski definition) is 2. The van der Waals surface area contributed by atoms with E-state index in [1.54, 1.807) is 0 Å². The summed E-state index contributed by atoms with van der Waals surface area (Å²) in [5, 5.41) is 9.89. The molecule has 0 fully saturated rings. The summed E-state index contributed by atoms with van der Waals surface area (Å²) in [6.07, 6.45) is 3.98. The number of aryl methyl sites for hydroxylation is 1. The Bertz CT molecular complexity index is 1450. The fourth-order valence-electron chi connectivity index (χ4n) is 5.32. The third-order valence-electron chi connectivity index (χ3n) is 7.58. The molecule has 0 saturated heterocycles. The molecule has 3 heteroatoms. The van der Waals surface area contributed by atoms with Gasteiger partial charge in [0.1, 0.15) is 11.1 Å². The second-order valence-corrected chi connectivity index (χ2v) is 9.60. The Hall–Kier alpha value is -3.07. The quantitative estimate of drug-likeness (QED) is 0.265. The monoisotopic (exact) mass is 454 g/mol. The van der Waals surface area contributed by atoms with E-state index in [0.717, 1.165) is 34.7 Å². The van der Waals surface area contributed by atoms with Gasteiger partial charge in [-0.15, -0.1) is 0 Å². The van der Waals surface area contributed by atoms with Crippen molar-refractivity contribution in [1.29, 1.82) is 0 Å². The molecule has 0 amide bonds. The van der Waals surface area contributed by atoms with Crippen molar-refractivity contribution in [2.75, 3.05) is 0 Å². The molecule has 0 spiro atoms. The number of aromatic nitrogens is 2. The second kappa shape index (κ2) is 9.29. The number of nitrogens with zero attached hydrogens (tertiary/aromatic N) is 2. The maximum Gasteiger partial charge on any atom is 0.142 e. The number of hydrogen-bond donors (Lipinski definition) is 0. The van der Waals surface area contributed by atoms with Gasteiger partial charge >= 0.3 is 0 Å². The second-order valence-electron chi connectivity index (χ2n) is 9.60. The van der Waals surface area contributed by atoms with E-state index in [-0.39, 0.29) is 5.41 Å². The van der Waals surface area contributed by atoms with Crippen LogP contribution in [0.2, 0.25) is 0 Å². The lowest BCUT2D eigenvalue weighted by molar-refractivity contribution is 0.443. The molecule has 178 valence electrons. The first kappa shape index (κ1) is 24.1. The Morgan fingerprint density at radius 2 is 1.59 bits per heavy atom. The van der Waals surface area contributed by atoms with Gasteiger partial charge in [-0.3, -0.25) is 4.68 Å². The third-order valence-corrected chi connectivity index (χ3v) is 7.58. The lowest BCUT2D eigenvalue weighted by Crippen LogP contribution is -2.20. The van der Waals surface area contributed by atoms with Crippen LogP contribution in [0.4, 0.5) is 0 Å². The molecule has 0 radical (unpaired) electrons. The van der Waals surface area contributed by atoms with Crippen molar-refractivity contribution in [3.63, 3.8) is 0 Å². The summed E-state index contributed by atoms with van der Waals surface area (Å²) in [5.41, 5.74) is 7.25. The van der Waals surface area contributed by atoms with Gasteiger partial charge in [0.2, 0.25) is 0 Å². The van der Waals surface area contributed by atoms with E-state index in [2.05, 4.69) is 94.9 Å². The first-order chi connectivity index (χ1) is 16.4. The van der Waals surface area contributed by atoms with Crippen molar-refractivity contribution in [3.05, 3.63) is 65.9 Å². The molecule has 2 aromatic heterocycles. The summed E-state index contributed by atoms with van der Waals surface area (Å²) < 4.78 is 8.19. The average molecular weight is 455 g/mol. The fraction of sp³-hybridized carbons (Fsp3) is 0.387. The highest BCUT2D eigenvalue weighted by Gasteiger charge is 2.29. The standard InChI is InChI=1S/C29H32N2O.C2H6/c1-7-29(5,8-2)23-15-11-14-21-24(23)26-25(22-16-17-32-28(21)22)27(31(6)30-26)20-13-10-9-12-19(20)18(3)4;1-2/h9-18H,7-8H2,1-6H3;1-2H3. The van der Waals surface area contributed by atoms with Crippen LogP contribution >= 0.6 is 0 Å². The smallest absolute Gasteiger partial charge is 0.142 e. The van der Waals surface area contributed by atoms with Gasteiger partial charge < -0.3 is 4.42 Å². The molecule has 0 aliphatic rings. The van der Waals surface area contributed by atoms with Crippen molar-refractivity contribution in [3.8, 4) is 11.3 Å². The van der Waals surface area contributed by atoms with Crippen LogP contribution < -0.4 is 0 Å². The topological polar surface area (TPSA) is 31.0 Å². The van der Waals surface area contributed by atoms with Crippen molar-refractivity contribution >= 4 is 32.6 Å². The molecule has 5 aromatic rings. The zero-order valence-corrected chi connectivity index (χ0v) is 22.0. The highest BCUT2D eigenvalue weighted by molar-refractivity contribution is 6.26. The first-order valence-electron chi connectivity index (χ1n) is 12.8. The summed E-state index contributed by atoms with van der Waals surface area (Å²) in [6.45, 7) is 15.5. The van der Waals surface area contributed by atoms with Crippen LogP contribution in [0.15, 0.2) is 59.2 Å². The van der Waals surface area contributed by atoms with Gasteiger partial charge in [0.25, 0.3) is 0 Å². The van der Waals surface area contributed by atoms with Gasteiger partial charge in [-0.05, 0) is 41.4 Å². The molecular formula is C31H38N2O. The van der Waals surface area contributed by atoms with Crippen molar-refractivity contribution < 1.29 is 4.42 Å². The van der Waals surface area contributed by atoms with E-state index in [0.29, 0.717) is 5.92 Å². The molecule has 0 N–H and O–H groups in total. The highest BCUT2D eigenvalue weighted by Crippen LogP contribution is 2.45. The molecule has 3 aromatic carbocycles. The molecule has 0 bridgehead atoms.